The maximum atomic E-state index is 13.9. The fraction of sp³-hybridized carbons (Fsp3) is 0.444. The summed E-state index contributed by atoms with van der Waals surface area (Å²) in [4.78, 5) is 4.58. The molecule has 5 nitrogen and oxygen atoms in total. The normalized spacial score (nSPS) is 13.0. The number of nitrogens with zero attached hydrogens (tertiary/aromatic N) is 3. The molecule has 7 heteroatoms. The summed E-state index contributed by atoms with van der Waals surface area (Å²) in [6.45, 7) is 8.87. The number of benzene rings is 1. The Hall–Kier alpha value is -2.44. The monoisotopic (exact) mass is 349 g/mol. The lowest BCUT2D eigenvalue weighted by Crippen LogP contribution is -2.39. The van der Waals surface area contributed by atoms with Gasteiger partial charge in [-0.1, -0.05) is 6.07 Å². The van der Waals surface area contributed by atoms with Crippen molar-refractivity contribution in [2.75, 3.05) is 6.54 Å². The number of halogens is 2. The second-order valence-corrected chi connectivity index (χ2v) is 6.00. The highest BCUT2D eigenvalue weighted by molar-refractivity contribution is 5.80. The first-order chi connectivity index (χ1) is 11.8. The highest BCUT2D eigenvalue weighted by Gasteiger charge is 2.14. The van der Waals surface area contributed by atoms with Gasteiger partial charge < -0.3 is 10.6 Å². The minimum absolute atomic E-state index is 0.352. The van der Waals surface area contributed by atoms with Crippen LogP contribution in [0.3, 0.4) is 0 Å². The van der Waals surface area contributed by atoms with Crippen LogP contribution in [0.1, 0.15) is 42.4 Å². The topological polar surface area (TPSA) is 54.2 Å². The van der Waals surface area contributed by atoms with E-state index in [1.54, 1.807) is 0 Å². The van der Waals surface area contributed by atoms with E-state index in [9.17, 15) is 8.78 Å². The molecule has 25 heavy (non-hydrogen) atoms. The second kappa shape index (κ2) is 8.09. The fourth-order valence-electron chi connectivity index (χ4n) is 2.66. The van der Waals surface area contributed by atoms with Crippen LogP contribution in [0.15, 0.2) is 23.2 Å². The molecule has 0 spiro atoms. The number of nitrogens with one attached hydrogen (secondary N) is 2. The third-order valence-electron chi connectivity index (χ3n) is 4.18. The van der Waals surface area contributed by atoms with E-state index in [4.69, 9.17) is 0 Å². The zero-order valence-electron chi connectivity index (χ0n) is 15.3. The average Bonchev–Trinajstić information content (AvgIpc) is 2.78. The summed E-state index contributed by atoms with van der Waals surface area (Å²) in [5.74, 6) is -0.590. The van der Waals surface area contributed by atoms with E-state index < -0.39 is 11.6 Å². The molecule has 2 aromatic rings. The Morgan fingerprint density at radius 3 is 2.60 bits per heavy atom. The van der Waals surface area contributed by atoms with E-state index in [0.717, 1.165) is 23.0 Å². The molecule has 2 rings (SSSR count). The van der Waals surface area contributed by atoms with Crippen molar-refractivity contribution in [3.05, 3.63) is 52.3 Å². The minimum Gasteiger partial charge on any atom is -0.357 e. The van der Waals surface area contributed by atoms with Gasteiger partial charge in [0.2, 0.25) is 0 Å². The lowest BCUT2D eigenvalue weighted by molar-refractivity contribution is 0.551. The number of aryl methyl sites for hydroxylation is 2. The average molecular weight is 349 g/mol. The number of aromatic nitrogens is 2. The summed E-state index contributed by atoms with van der Waals surface area (Å²) in [6, 6.07) is 3.24. The van der Waals surface area contributed by atoms with Crippen LogP contribution >= 0.6 is 0 Å². The number of hydrogen-bond acceptors (Lipinski definition) is 2. The summed E-state index contributed by atoms with van der Waals surface area (Å²) in [5.41, 5.74) is 3.47. The van der Waals surface area contributed by atoms with Crippen LogP contribution in [-0.4, -0.2) is 22.3 Å². The molecule has 136 valence electrons. The number of aliphatic imine (C=N–C) groups is 1. The Bertz CT molecular complexity index is 767. The van der Waals surface area contributed by atoms with Gasteiger partial charge in [0, 0.05) is 36.5 Å². The molecule has 1 atom stereocenters. The third-order valence-corrected chi connectivity index (χ3v) is 4.18. The van der Waals surface area contributed by atoms with Gasteiger partial charge in [-0.2, -0.15) is 5.10 Å². The standard InChI is InChI=1S/C18H25F2N5/c1-6-21-18(22-10-16-12(3)24-25(5)13(16)4)23-11(2)15-8-7-14(19)9-17(15)20/h7-9,11H,6,10H2,1-5H3,(H2,21,22,23). The van der Waals surface area contributed by atoms with Crippen LogP contribution < -0.4 is 10.6 Å². The molecule has 1 heterocycles. The second-order valence-electron chi connectivity index (χ2n) is 6.00. The highest BCUT2D eigenvalue weighted by Crippen LogP contribution is 2.18. The molecule has 1 unspecified atom stereocenters. The Balaban J connectivity index is 2.16. The summed E-state index contributed by atoms with van der Waals surface area (Å²) < 4.78 is 28.9. The van der Waals surface area contributed by atoms with E-state index in [2.05, 4.69) is 20.7 Å². The van der Waals surface area contributed by atoms with Crippen LogP contribution in [0.2, 0.25) is 0 Å². The van der Waals surface area contributed by atoms with Crippen molar-refractivity contribution in [2.45, 2.75) is 40.3 Å². The maximum absolute atomic E-state index is 13.9. The molecule has 1 aromatic heterocycles. The molecule has 0 saturated heterocycles. The summed E-state index contributed by atoms with van der Waals surface area (Å²) >= 11 is 0. The first-order valence-corrected chi connectivity index (χ1v) is 8.32. The Labute approximate surface area is 147 Å². The first kappa shape index (κ1) is 18.9. The smallest absolute Gasteiger partial charge is 0.192 e. The van der Waals surface area contributed by atoms with E-state index in [1.807, 2.05) is 39.4 Å². The Morgan fingerprint density at radius 1 is 1.32 bits per heavy atom. The van der Waals surface area contributed by atoms with Crippen molar-refractivity contribution in [2.24, 2.45) is 12.0 Å². The van der Waals surface area contributed by atoms with Crippen LogP contribution in [0.4, 0.5) is 8.78 Å². The van der Waals surface area contributed by atoms with Crippen molar-refractivity contribution in [3.8, 4) is 0 Å². The van der Waals surface area contributed by atoms with Gasteiger partial charge in [-0.05, 0) is 33.8 Å². The molecule has 0 aliphatic carbocycles. The molecule has 0 aliphatic rings. The van der Waals surface area contributed by atoms with Crippen molar-refractivity contribution < 1.29 is 8.78 Å². The fourth-order valence-corrected chi connectivity index (χ4v) is 2.66. The highest BCUT2D eigenvalue weighted by atomic mass is 19.1. The van der Waals surface area contributed by atoms with E-state index >= 15 is 0 Å². The molecule has 0 aliphatic heterocycles. The zero-order chi connectivity index (χ0) is 18.6. The Morgan fingerprint density at radius 2 is 2.04 bits per heavy atom. The summed E-state index contributed by atoms with van der Waals surface area (Å²) in [7, 11) is 1.90. The summed E-state index contributed by atoms with van der Waals surface area (Å²) in [6.07, 6.45) is 0. The van der Waals surface area contributed by atoms with E-state index in [-0.39, 0.29) is 6.04 Å². The van der Waals surface area contributed by atoms with E-state index in [1.165, 1.54) is 12.1 Å². The van der Waals surface area contributed by atoms with Crippen molar-refractivity contribution in [1.82, 2.24) is 20.4 Å². The minimum atomic E-state index is -0.587. The SMILES string of the molecule is CCNC(=NCc1c(C)nn(C)c1C)NC(C)c1ccc(F)cc1F. The predicted octanol–water partition coefficient (Wildman–Crippen LogP) is 3.13. The van der Waals surface area contributed by atoms with Gasteiger partial charge in [0.15, 0.2) is 5.96 Å². The van der Waals surface area contributed by atoms with E-state index in [0.29, 0.717) is 24.6 Å². The molecule has 2 N–H and O–H groups in total. The van der Waals surface area contributed by atoms with Gasteiger partial charge in [0.1, 0.15) is 11.6 Å². The van der Waals surface area contributed by atoms with Crippen LogP contribution in [0.5, 0.6) is 0 Å². The van der Waals surface area contributed by atoms with Crippen LogP contribution in [0, 0.1) is 25.5 Å². The Kier molecular flexibility index (Phi) is 6.12. The lowest BCUT2D eigenvalue weighted by atomic mass is 10.1. The van der Waals surface area contributed by atoms with Crippen LogP contribution in [0.25, 0.3) is 0 Å². The maximum Gasteiger partial charge on any atom is 0.192 e. The number of hydrogen-bond donors (Lipinski definition) is 2. The molecule has 0 bridgehead atoms. The lowest BCUT2D eigenvalue weighted by Gasteiger charge is -2.18. The first-order valence-electron chi connectivity index (χ1n) is 8.32. The van der Waals surface area contributed by atoms with Gasteiger partial charge in [-0.25, -0.2) is 13.8 Å². The van der Waals surface area contributed by atoms with Gasteiger partial charge >= 0.3 is 0 Å². The van der Waals surface area contributed by atoms with Crippen molar-refractivity contribution in [1.29, 1.82) is 0 Å². The molecule has 0 radical (unpaired) electrons. The third kappa shape index (κ3) is 4.55. The molecule has 1 aromatic carbocycles. The zero-order valence-corrected chi connectivity index (χ0v) is 15.3. The van der Waals surface area contributed by atoms with Gasteiger partial charge in [-0.3, -0.25) is 4.68 Å². The van der Waals surface area contributed by atoms with Crippen LogP contribution in [-0.2, 0) is 13.6 Å². The van der Waals surface area contributed by atoms with Crippen molar-refractivity contribution >= 4 is 5.96 Å². The number of rotatable bonds is 5. The summed E-state index contributed by atoms with van der Waals surface area (Å²) in [5, 5.41) is 10.7. The predicted molar refractivity (Wildman–Crippen MR) is 95.4 cm³/mol. The molecule has 0 amide bonds. The van der Waals surface area contributed by atoms with Gasteiger partial charge in [-0.15, -0.1) is 0 Å². The largest absolute Gasteiger partial charge is 0.357 e. The van der Waals surface area contributed by atoms with Gasteiger partial charge in [0.05, 0.1) is 18.3 Å². The number of guanidine groups is 1. The van der Waals surface area contributed by atoms with Crippen molar-refractivity contribution in [3.63, 3.8) is 0 Å². The molecular weight excluding hydrogens is 324 g/mol. The van der Waals surface area contributed by atoms with Gasteiger partial charge in [0.25, 0.3) is 0 Å². The molecule has 0 fully saturated rings. The quantitative estimate of drug-likeness (QED) is 0.644. The molecular formula is C18H25F2N5. The molecule has 0 saturated carbocycles.